The van der Waals surface area contributed by atoms with Crippen LogP contribution in [0, 0.1) is 6.92 Å². The summed E-state index contributed by atoms with van der Waals surface area (Å²) in [6.07, 6.45) is 1.08. The van der Waals surface area contributed by atoms with Crippen molar-refractivity contribution in [2.45, 2.75) is 19.9 Å². The minimum atomic E-state index is 0.752. The van der Waals surface area contributed by atoms with Crippen LogP contribution in [0.2, 0.25) is 5.02 Å². The minimum absolute atomic E-state index is 0.752. The third-order valence-corrected chi connectivity index (χ3v) is 5.18. The van der Waals surface area contributed by atoms with E-state index in [9.17, 15) is 0 Å². The van der Waals surface area contributed by atoms with Crippen LogP contribution in [0.3, 0.4) is 0 Å². The molecule has 1 aliphatic heterocycles. The molecule has 0 atom stereocenters. The molecule has 0 saturated carbocycles. The SMILES string of the molecule is Cc1cccc(-c2nc3ccc(Cl)cc3n2CCCN2CCOCC2)c1. The summed E-state index contributed by atoms with van der Waals surface area (Å²) in [4.78, 5) is 7.38. The van der Waals surface area contributed by atoms with Crippen molar-refractivity contribution in [1.29, 1.82) is 0 Å². The molecule has 136 valence electrons. The zero-order valence-corrected chi connectivity index (χ0v) is 15.9. The summed E-state index contributed by atoms with van der Waals surface area (Å²) in [6, 6.07) is 14.5. The van der Waals surface area contributed by atoms with Gasteiger partial charge in [0.25, 0.3) is 0 Å². The maximum Gasteiger partial charge on any atom is 0.141 e. The van der Waals surface area contributed by atoms with Gasteiger partial charge < -0.3 is 9.30 Å². The number of nitrogens with zero attached hydrogens (tertiary/aromatic N) is 3. The number of fused-ring (bicyclic) bond motifs is 1. The maximum absolute atomic E-state index is 6.26. The number of imidazole rings is 1. The second-order valence-electron chi connectivity index (χ2n) is 6.90. The lowest BCUT2D eigenvalue weighted by molar-refractivity contribution is 0.0370. The van der Waals surface area contributed by atoms with Gasteiger partial charge in [-0.15, -0.1) is 0 Å². The monoisotopic (exact) mass is 369 g/mol. The summed E-state index contributed by atoms with van der Waals surface area (Å²) in [5, 5.41) is 0.752. The Hall–Kier alpha value is -1.88. The molecule has 0 aliphatic carbocycles. The summed E-state index contributed by atoms with van der Waals surface area (Å²) in [6.45, 7) is 7.87. The van der Waals surface area contributed by atoms with Gasteiger partial charge in [-0.25, -0.2) is 4.98 Å². The maximum atomic E-state index is 6.26. The van der Waals surface area contributed by atoms with Gasteiger partial charge in [0.2, 0.25) is 0 Å². The molecule has 1 fully saturated rings. The molecule has 3 aromatic rings. The van der Waals surface area contributed by atoms with Crippen molar-refractivity contribution < 1.29 is 4.74 Å². The number of benzene rings is 2. The molecule has 1 saturated heterocycles. The van der Waals surface area contributed by atoms with Gasteiger partial charge in [0.1, 0.15) is 5.82 Å². The lowest BCUT2D eigenvalue weighted by Gasteiger charge is -2.26. The smallest absolute Gasteiger partial charge is 0.141 e. The molecule has 0 amide bonds. The van der Waals surface area contributed by atoms with E-state index in [1.807, 2.05) is 18.2 Å². The van der Waals surface area contributed by atoms with Crippen molar-refractivity contribution in [3.63, 3.8) is 0 Å². The number of morpholine rings is 1. The number of halogens is 1. The highest BCUT2D eigenvalue weighted by molar-refractivity contribution is 6.31. The fourth-order valence-corrected chi connectivity index (χ4v) is 3.77. The molecule has 5 heteroatoms. The Morgan fingerprint density at radius 3 is 2.73 bits per heavy atom. The van der Waals surface area contributed by atoms with Gasteiger partial charge in [-0.1, -0.05) is 35.4 Å². The topological polar surface area (TPSA) is 30.3 Å². The first-order valence-electron chi connectivity index (χ1n) is 9.24. The first kappa shape index (κ1) is 17.5. The van der Waals surface area contributed by atoms with E-state index in [1.54, 1.807) is 0 Å². The first-order chi connectivity index (χ1) is 12.7. The fourth-order valence-electron chi connectivity index (χ4n) is 3.60. The molecule has 4 rings (SSSR count). The van der Waals surface area contributed by atoms with Crippen molar-refractivity contribution in [1.82, 2.24) is 14.5 Å². The second-order valence-corrected chi connectivity index (χ2v) is 7.33. The third kappa shape index (κ3) is 3.78. The van der Waals surface area contributed by atoms with Crippen LogP contribution in [0.4, 0.5) is 0 Å². The van der Waals surface area contributed by atoms with E-state index < -0.39 is 0 Å². The summed E-state index contributed by atoms with van der Waals surface area (Å²) in [5.41, 5.74) is 4.50. The minimum Gasteiger partial charge on any atom is -0.379 e. The predicted octanol–water partition coefficient (Wildman–Crippen LogP) is 4.39. The molecule has 4 nitrogen and oxygen atoms in total. The zero-order chi connectivity index (χ0) is 17.9. The van der Waals surface area contributed by atoms with Crippen LogP contribution in [-0.4, -0.2) is 47.3 Å². The van der Waals surface area contributed by atoms with Gasteiger partial charge in [0, 0.05) is 36.8 Å². The molecule has 1 aromatic heterocycles. The Kier molecular flexibility index (Phi) is 5.25. The van der Waals surface area contributed by atoms with E-state index in [-0.39, 0.29) is 0 Å². The first-order valence-corrected chi connectivity index (χ1v) is 9.61. The Balaban J connectivity index is 1.64. The number of ether oxygens (including phenoxy) is 1. The molecule has 2 heterocycles. The molecule has 26 heavy (non-hydrogen) atoms. The van der Waals surface area contributed by atoms with Crippen LogP contribution < -0.4 is 0 Å². The average Bonchev–Trinajstić information content (AvgIpc) is 3.01. The fraction of sp³-hybridized carbons (Fsp3) is 0.381. The molecule has 1 aliphatic rings. The zero-order valence-electron chi connectivity index (χ0n) is 15.1. The number of hydrogen-bond acceptors (Lipinski definition) is 3. The van der Waals surface area contributed by atoms with Crippen LogP contribution in [0.1, 0.15) is 12.0 Å². The highest BCUT2D eigenvalue weighted by Gasteiger charge is 2.15. The van der Waals surface area contributed by atoms with Crippen molar-refractivity contribution in [3.8, 4) is 11.4 Å². The Morgan fingerprint density at radius 1 is 1.08 bits per heavy atom. The quantitative estimate of drug-likeness (QED) is 0.668. The largest absolute Gasteiger partial charge is 0.379 e. The van der Waals surface area contributed by atoms with Crippen LogP contribution in [-0.2, 0) is 11.3 Å². The molecule has 0 radical (unpaired) electrons. The van der Waals surface area contributed by atoms with E-state index in [0.29, 0.717) is 0 Å². The Morgan fingerprint density at radius 2 is 1.92 bits per heavy atom. The lowest BCUT2D eigenvalue weighted by atomic mass is 10.1. The van der Waals surface area contributed by atoms with E-state index in [2.05, 4.69) is 40.7 Å². The number of rotatable bonds is 5. The van der Waals surface area contributed by atoms with Gasteiger partial charge in [-0.3, -0.25) is 4.90 Å². The van der Waals surface area contributed by atoms with Crippen LogP contribution in [0.5, 0.6) is 0 Å². The van der Waals surface area contributed by atoms with Crippen molar-refractivity contribution in [2.24, 2.45) is 0 Å². The summed E-state index contributed by atoms with van der Waals surface area (Å²) >= 11 is 6.26. The van der Waals surface area contributed by atoms with E-state index >= 15 is 0 Å². The molecule has 0 unspecified atom stereocenters. The van der Waals surface area contributed by atoms with Crippen molar-refractivity contribution in [2.75, 3.05) is 32.8 Å². The van der Waals surface area contributed by atoms with Crippen molar-refractivity contribution >= 4 is 22.6 Å². The standard InChI is InChI=1S/C21H24ClN3O/c1-16-4-2-5-17(14-16)21-23-19-7-6-18(22)15-20(19)25(21)9-3-8-24-10-12-26-13-11-24/h2,4-7,14-15H,3,8-13H2,1H3. The predicted molar refractivity (Wildman–Crippen MR) is 107 cm³/mol. The normalized spacial score (nSPS) is 15.6. The van der Waals surface area contributed by atoms with Crippen LogP contribution in [0.25, 0.3) is 22.4 Å². The third-order valence-electron chi connectivity index (χ3n) is 4.95. The molecule has 0 N–H and O–H groups in total. The van der Waals surface area contributed by atoms with Gasteiger partial charge in [0.05, 0.1) is 24.2 Å². The molecular formula is C21H24ClN3O. The van der Waals surface area contributed by atoms with Crippen LogP contribution in [0.15, 0.2) is 42.5 Å². The summed E-state index contributed by atoms with van der Waals surface area (Å²) in [7, 11) is 0. The van der Waals surface area contributed by atoms with Gasteiger partial charge in [0.15, 0.2) is 0 Å². The average molecular weight is 370 g/mol. The van der Waals surface area contributed by atoms with E-state index in [4.69, 9.17) is 21.3 Å². The lowest BCUT2D eigenvalue weighted by Crippen LogP contribution is -2.37. The molecule has 2 aromatic carbocycles. The van der Waals surface area contributed by atoms with Gasteiger partial charge in [-0.2, -0.15) is 0 Å². The summed E-state index contributed by atoms with van der Waals surface area (Å²) in [5.74, 6) is 1.02. The van der Waals surface area contributed by atoms with Crippen LogP contribution >= 0.6 is 11.6 Å². The van der Waals surface area contributed by atoms with Crippen molar-refractivity contribution in [3.05, 3.63) is 53.1 Å². The molecule has 0 spiro atoms. The second kappa shape index (κ2) is 7.78. The molecule has 0 bridgehead atoms. The Bertz CT molecular complexity index is 899. The van der Waals surface area contributed by atoms with E-state index in [0.717, 1.165) is 73.3 Å². The number of hydrogen-bond donors (Lipinski definition) is 0. The van der Waals surface area contributed by atoms with Gasteiger partial charge >= 0.3 is 0 Å². The number of aryl methyl sites for hydroxylation is 2. The summed E-state index contributed by atoms with van der Waals surface area (Å²) < 4.78 is 7.76. The highest BCUT2D eigenvalue weighted by atomic mass is 35.5. The van der Waals surface area contributed by atoms with E-state index in [1.165, 1.54) is 5.56 Å². The van der Waals surface area contributed by atoms with Gasteiger partial charge in [-0.05, 0) is 37.6 Å². The molecular weight excluding hydrogens is 346 g/mol. The highest BCUT2D eigenvalue weighted by Crippen LogP contribution is 2.27. The Labute approximate surface area is 159 Å². The number of aromatic nitrogens is 2.